The molecule has 0 radical (unpaired) electrons. The largest absolute Gasteiger partial charge is 0.409 e. The summed E-state index contributed by atoms with van der Waals surface area (Å²) in [6.45, 7) is 2.64. The maximum absolute atomic E-state index is 13.6. The van der Waals surface area contributed by atoms with Crippen molar-refractivity contribution in [2.45, 2.75) is 13.5 Å². The van der Waals surface area contributed by atoms with Crippen LogP contribution >= 0.6 is 0 Å². The second-order valence-corrected chi connectivity index (χ2v) is 3.32. The van der Waals surface area contributed by atoms with Gasteiger partial charge in [0.25, 0.3) is 0 Å². The number of nitrogens with zero attached hydrogens (tertiary/aromatic N) is 1. The number of rotatable bonds is 4. The molecule has 1 aromatic carbocycles. The average molecular weight is 235 g/mol. The summed E-state index contributed by atoms with van der Waals surface area (Å²) in [4.78, 5) is 0. The van der Waals surface area contributed by atoms with Crippen LogP contribution in [-0.4, -0.2) is 17.6 Å². The van der Waals surface area contributed by atoms with E-state index in [2.05, 4.69) is 22.3 Å². The minimum absolute atomic E-state index is 0.111. The first kappa shape index (κ1) is 13.0. The Morgan fingerprint density at radius 1 is 1.59 bits per heavy atom. The number of oxime groups is 1. The molecule has 0 bridgehead atoms. The van der Waals surface area contributed by atoms with Gasteiger partial charge in [0.15, 0.2) is 5.84 Å². The Balaban J connectivity index is 2.72. The van der Waals surface area contributed by atoms with Crippen LogP contribution in [0.2, 0.25) is 0 Å². The van der Waals surface area contributed by atoms with E-state index in [1.165, 1.54) is 6.07 Å². The van der Waals surface area contributed by atoms with Crippen LogP contribution in [-0.2, 0) is 6.54 Å². The van der Waals surface area contributed by atoms with Gasteiger partial charge < -0.3 is 16.3 Å². The summed E-state index contributed by atoms with van der Waals surface area (Å²) in [6, 6.07) is 4.42. The Hall–Kier alpha value is -2.06. The van der Waals surface area contributed by atoms with Gasteiger partial charge >= 0.3 is 0 Å². The summed E-state index contributed by atoms with van der Waals surface area (Å²) in [5.41, 5.74) is 6.21. The molecule has 1 aromatic rings. The van der Waals surface area contributed by atoms with Crippen molar-refractivity contribution in [1.82, 2.24) is 5.32 Å². The van der Waals surface area contributed by atoms with E-state index in [9.17, 15) is 4.39 Å². The Bertz CT molecular complexity index is 474. The number of halogens is 1. The molecule has 0 heterocycles. The lowest BCUT2D eigenvalue weighted by Gasteiger charge is -2.05. The van der Waals surface area contributed by atoms with Crippen LogP contribution in [0.25, 0.3) is 0 Å². The van der Waals surface area contributed by atoms with E-state index in [1.807, 2.05) is 0 Å². The molecule has 0 aliphatic carbocycles. The predicted molar refractivity (Wildman–Crippen MR) is 64.1 cm³/mol. The highest BCUT2D eigenvalue weighted by Crippen LogP contribution is 2.10. The third-order valence-corrected chi connectivity index (χ3v) is 2.16. The van der Waals surface area contributed by atoms with Crippen molar-refractivity contribution < 1.29 is 9.60 Å². The van der Waals surface area contributed by atoms with Gasteiger partial charge in [0.2, 0.25) is 0 Å². The van der Waals surface area contributed by atoms with Crippen LogP contribution in [0.4, 0.5) is 4.39 Å². The van der Waals surface area contributed by atoms with Crippen LogP contribution in [0.1, 0.15) is 18.1 Å². The molecule has 17 heavy (non-hydrogen) atoms. The van der Waals surface area contributed by atoms with Gasteiger partial charge in [-0.15, -0.1) is 5.92 Å². The molecule has 0 fully saturated rings. The van der Waals surface area contributed by atoms with E-state index in [0.29, 0.717) is 24.2 Å². The molecule has 90 valence electrons. The number of hydrogen-bond donors (Lipinski definition) is 3. The number of amidine groups is 1. The smallest absolute Gasteiger partial charge is 0.170 e. The highest BCUT2D eigenvalue weighted by molar-refractivity contribution is 5.97. The molecule has 0 saturated heterocycles. The number of hydrogen-bond acceptors (Lipinski definition) is 3. The van der Waals surface area contributed by atoms with Crippen molar-refractivity contribution in [2.75, 3.05) is 6.54 Å². The monoisotopic (exact) mass is 235 g/mol. The van der Waals surface area contributed by atoms with Crippen molar-refractivity contribution in [2.24, 2.45) is 10.9 Å². The highest BCUT2D eigenvalue weighted by atomic mass is 19.1. The fourth-order valence-electron chi connectivity index (χ4n) is 1.26. The quantitative estimate of drug-likeness (QED) is 0.182. The zero-order valence-electron chi connectivity index (χ0n) is 9.50. The molecule has 0 unspecified atom stereocenters. The average Bonchev–Trinajstić information content (AvgIpc) is 2.35. The Morgan fingerprint density at radius 2 is 2.35 bits per heavy atom. The molecule has 4 N–H and O–H groups in total. The summed E-state index contributed by atoms with van der Waals surface area (Å²) in [7, 11) is 0. The summed E-state index contributed by atoms with van der Waals surface area (Å²) in [5, 5.41) is 14.3. The number of nitrogens with two attached hydrogens (primary N) is 1. The van der Waals surface area contributed by atoms with Crippen LogP contribution in [0, 0.1) is 17.7 Å². The van der Waals surface area contributed by atoms with E-state index in [1.54, 1.807) is 19.1 Å². The lowest BCUT2D eigenvalue weighted by molar-refractivity contribution is 0.318. The molecule has 5 heteroatoms. The van der Waals surface area contributed by atoms with Gasteiger partial charge in [-0.3, -0.25) is 0 Å². The molecular formula is C12H14FN3O. The third kappa shape index (κ3) is 3.78. The summed E-state index contributed by atoms with van der Waals surface area (Å²) < 4.78 is 13.6. The van der Waals surface area contributed by atoms with E-state index in [0.717, 1.165) is 0 Å². The van der Waals surface area contributed by atoms with Gasteiger partial charge in [-0.1, -0.05) is 23.2 Å². The molecule has 0 atom stereocenters. The SMILES string of the molecule is CC#CCNCc1ccc(/C(N)=N/O)cc1F. The van der Waals surface area contributed by atoms with E-state index in [4.69, 9.17) is 10.9 Å². The Kier molecular flexibility index (Phi) is 4.98. The number of benzene rings is 1. The van der Waals surface area contributed by atoms with Crippen LogP contribution in [0.5, 0.6) is 0 Å². The fourth-order valence-corrected chi connectivity index (χ4v) is 1.26. The zero-order chi connectivity index (χ0) is 12.7. The summed E-state index contributed by atoms with van der Waals surface area (Å²) in [5.74, 6) is 5.05. The standard InChI is InChI=1S/C12H14FN3O/c1-2-3-6-15-8-10-5-4-9(7-11(10)13)12(14)16-17/h4-5,7,15,17H,6,8H2,1H3,(H2,14,16). The third-order valence-electron chi connectivity index (χ3n) is 2.16. The molecule has 0 aliphatic rings. The van der Waals surface area contributed by atoms with Gasteiger partial charge in [0, 0.05) is 17.7 Å². The van der Waals surface area contributed by atoms with Crippen molar-refractivity contribution in [1.29, 1.82) is 0 Å². The normalized spacial score (nSPS) is 10.8. The molecule has 0 saturated carbocycles. The van der Waals surface area contributed by atoms with E-state index >= 15 is 0 Å². The molecule has 0 aromatic heterocycles. The van der Waals surface area contributed by atoms with Crippen LogP contribution in [0.3, 0.4) is 0 Å². The molecule has 0 aliphatic heterocycles. The first-order valence-electron chi connectivity index (χ1n) is 5.05. The molecule has 0 spiro atoms. The van der Waals surface area contributed by atoms with Gasteiger partial charge in [0.1, 0.15) is 5.82 Å². The maximum atomic E-state index is 13.6. The highest BCUT2D eigenvalue weighted by Gasteiger charge is 2.05. The predicted octanol–water partition coefficient (Wildman–Crippen LogP) is 1.03. The summed E-state index contributed by atoms with van der Waals surface area (Å²) >= 11 is 0. The second-order valence-electron chi connectivity index (χ2n) is 3.32. The molecule has 0 amide bonds. The lowest BCUT2D eigenvalue weighted by atomic mass is 10.1. The minimum atomic E-state index is -0.397. The van der Waals surface area contributed by atoms with Crippen LogP contribution < -0.4 is 11.1 Å². The Morgan fingerprint density at radius 3 is 2.94 bits per heavy atom. The van der Waals surface area contributed by atoms with Crippen molar-refractivity contribution >= 4 is 5.84 Å². The van der Waals surface area contributed by atoms with Crippen molar-refractivity contribution in [3.8, 4) is 11.8 Å². The summed E-state index contributed by atoms with van der Waals surface area (Å²) in [6.07, 6.45) is 0. The van der Waals surface area contributed by atoms with Gasteiger partial charge in [0.05, 0.1) is 6.54 Å². The van der Waals surface area contributed by atoms with Gasteiger partial charge in [-0.2, -0.15) is 0 Å². The minimum Gasteiger partial charge on any atom is -0.409 e. The van der Waals surface area contributed by atoms with Gasteiger partial charge in [-0.05, 0) is 13.0 Å². The lowest BCUT2D eigenvalue weighted by Crippen LogP contribution is -2.16. The molecular weight excluding hydrogens is 221 g/mol. The molecule has 1 rings (SSSR count). The first-order valence-corrected chi connectivity index (χ1v) is 5.05. The van der Waals surface area contributed by atoms with Crippen molar-refractivity contribution in [3.63, 3.8) is 0 Å². The Labute approximate surface area is 99.3 Å². The first-order chi connectivity index (χ1) is 8.19. The van der Waals surface area contributed by atoms with E-state index in [-0.39, 0.29) is 5.84 Å². The second kappa shape index (κ2) is 6.51. The molecule has 4 nitrogen and oxygen atoms in total. The van der Waals surface area contributed by atoms with Gasteiger partial charge in [-0.25, -0.2) is 4.39 Å². The zero-order valence-corrected chi connectivity index (χ0v) is 9.50. The van der Waals surface area contributed by atoms with Crippen LogP contribution in [0.15, 0.2) is 23.4 Å². The van der Waals surface area contributed by atoms with Crippen molar-refractivity contribution in [3.05, 3.63) is 35.1 Å². The topological polar surface area (TPSA) is 70.6 Å². The van der Waals surface area contributed by atoms with E-state index < -0.39 is 5.82 Å². The maximum Gasteiger partial charge on any atom is 0.170 e. The number of nitrogens with one attached hydrogen (secondary N) is 1. The fraction of sp³-hybridized carbons (Fsp3) is 0.250.